The second kappa shape index (κ2) is 10.3. The third-order valence-corrected chi connectivity index (χ3v) is 7.92. The van der Waals surface area contributed by atoms with Crippen molar-refractivity contribution in [2.75, 3.05) is 0 Å². The van der Waals surface area contributed by atoms with E-state index in [1.165, 1.54) is 50.5 Å². The maximum atomic E-state index is 12.6. The average molecular weight is 405 g/mol. The zero-order chi connectivity index (χ0) is 20.8. The molecule has 0 aliphatic heterocycles. The lowest BCUT2D eigenvalue weighted by Gasteiger charge is -2.46. The van der Waals surface area contributed by atoms with E-state index < -0.39 is 5.97 Å². The van der Waals surface area contributed by atoms with Crippen molar-refractivity contribution in [1.29, 1.82) is 0 Å². The van der Waals surface area contributed by atoms with Crippen LogP contribution in [0, 0.1) is 29.6 Å². The summed E-state index contributed by atoms with van der Waals surface area (Å²) in [6.07, 6.45) is 11.9. The summed E-state index contributed by atoms with van der Waals surface area (Å²) in [4.78, 5) is 12.6. The van der Waals surface area contributed by atoms with Gasteiger partial charge in [-0.2, -0.15) is 0 Å². The SMILES string of the molecule is O=C(O)C(Cc1ccccc1)C(CCc1ccccc1)C1CCCC2CCCCC21. The van der Waals surface area contributed by atoms with Gasteiger partial charge < -0.3 is 5.11 Å². The van der Waals surface area contributed by atoms with Gasteiger partial charge in [0.25, 0.3) is 0 Å². The van der Waals surface area contributed by atoms with Crippen LogP contribution < -0.4 is 0 Å². The summed E-state index contributed by atoms with van der Waals surface area (Å²) in [5.41, 5.74) is 2.49. The molecule has 0 amide bonds. The van der Waals surface area contributed by atoms with E-state index >= 15 is 0 Å². The Hall–Kier alpha value is -2.09. The normalized spacial score (nSPS) is 25.8. The van der Waals surface area contributed by atoms with Crippen molar-refractivity contribution in [1.82, 2.24) is 0 Å². The third-order valence-electron chi connectivity index (χ3n) is 7.92. The van der Waals surface area contributed by atoms with Gasteiger partial charge in [-0.3, -0.25) is 4.79 Å². The summed E-state index contributed by atoms with van der Waals surface area (Å²) in [6.45, 7) is 0. The lowest BCUT2D eigenvalue weighted by molar-refractivity contribution is -0.145. The summed E-state index contributed by atoms with van der Waals surface area (Å²) >= 11 is 0. The molecule has 5 atom stereocenters. The number of aliphatic carboxylic acids is 1. The maximum absolute atomic E-state index is 12.6. The second-order valence-electron chi connectivity index (χ2n) is 9.63. The summed E-state index contributed by atoms with van der Waals surface area (Å²) < 4.78 is 0. The molecule has 2 nitrogen and oxygen atoms in total. The third kappa shape index (κ3) is 5.14. The molecule has 0 spiro atoms. The summed E-state index contributed by atoms with van der Waals surface area (Å²) in [5.74, 6) is 1.51. The van der Waals surface area contributed by atoms with Crippen molar-refractivity contribution in [3.8, 4) is 0 Å². The zero-order valence-corrected chi connectivity index (χ0v) is 18.1. The molecular weight excluding hydrogens is 368 g/mol. The predicted octanol–water partition coefficient (Wildman–Crippen LogP) is 6.79. The van der Waals surface area contributed by atoms with Gasteiger partial charge in [0.2, 0.25) is 0 Å². The number of rotatable bonds is 8. The van der Waals surface area contributed by atoms with Gasteiger partial charge in [-0.15, -0.1) is 0 Å². The van der Waals surface area contributed by atoms with Gasteiger partial charge in [0.05, 0.1) is 5.92 Å². The molecule has 30 heavy (non-hydrogen) atoms. The standard InChI is InChI=1S/C28H36O2/c29-28(30)27(20-22-12-5-2-6-13-22)26(19-18-21-10-3-1-4-11-21)25-17-9-15-23-14-7-8-16-24(23)25/h1-6,10-13,23-27H,7-9,14-20H2,(H,29,30). The van der Waals surface area contributed by atoms with Gasteiger partial charge >= 0.3 is 5.97 Å². The van der Waals surface area contributed by atoms with E-state index in [0.717, 1.165) is 30.2 Å². The lowest BCUT2D eigenvalue weighted by atomic mass is 9.59. The summed E-state index contributed by atoms with van der Waals surface area (Å²) in [5, 5.41) is 10.3. The van der Waals surface area contributed by atoms with Crippen LogP contribution in [-0.4, -0.2) is 11.1 Å². The molecule has 2 saturated carbocycles. The summed E-state index contributed by atoms with van der Waals surface area (Å²) in [6, 6.07) is 20.9. The topological polar surface area (TPSA) is 37.3 Å². The van der Waals surface area contributed by atoms with Crippen LogP contribution in [0.25, 0.3) is 0 Å². The molecule has 2 fully saturated rings. The molecule has 2 aliphatic carbocycles. The zero-order valence-electron chi connectivity index (χ0n) is 18.1. The average Bonchev–Trinajstić information content (AvgIpc) is 2.79. The van der Waals surface area contributed by atoms with Crippen molar-refractivity contribution in [2.24, 2.45) is 29.6 Å². The van der Waals surface area contributed by atoms with Gasteiger partial charge in [-0.25, -0.2) is 0 Å². The fourth-order valence-corrected chi connectivity index (χ4v) is 6.50. The number of carboxylic acids is 1. The minimum atomic E-state index is -0.602. The molecule has 4 rings (SSSR count). The molecule has 2 aliphatic rings. The van der Waals surface area contributed by atoms with Gasteiger partial charge in [-0.1, -0.05) is 92.8 Å². The van der Waals surface area contributed by atoms with Gasteiger partial charge in [0, 0.05) is 0 Å². The molecule has 0 bridgehead atoms. The minimum absolute atomic E-state index is 0.258. The van der Waals surface area contributed by atoms with Crippen molar-refractivity contribution in [2.45, 2.75) is 64.2 Å². The molecule has 5 unspecified atom stereocenters. The molecule has 0 heterocycles. The highest BCUT2D eigenvalue weighted by Crippen LogP contribution is 2.49. The number of aryl methyl sites for hydroxylation is 1. The van der Waals surface area contributed by atoms with Crippen molar-refractivity contribution in [3.63, 3.8) is 0 Å². The van der Waals surface area contributed by atoms with E-state index in [1.807, 2.05) is 18.2 Å². The smallest absolute Gasteiger partial charge is 0.307 e. The Bertz CT molecular complexity index is 783. The predicted molar refractivity (Wildman–Crippen MR) is 122 cm³/mol. The molecule has 160 valence electrons. The Morgan fingerprint density at radius 3 is 2.17 bits per heavy atom. The highest BCUT2D eigenvalue weighted by molar-refractivity contribution is 5.71. The van der Waals surface area contributed by atoms with E-state index in [2.05, 4.69) is 42.5 Å². The van der Waals surface area contributed by atoms with Crippen LogP contribution in [0.2, 0.25) is 0 Å². The highest BCUT2D eigenvalue weighted by atomic mass is 16.4. The quantitative estimate of drug-likeness (QED) is 0.526. The Morgan fingerprint density at radius 2 is 1.47 bits per heavy atom. The van der Waals surface area contributed by atoms with E-state index in [-0.39, 0.29) is 11.8 Å². The monoisotopic (exact) mass is 404 g/mol. The van der Waals surface area contributed by atoms with Crippen LogP contribution in [0.5, 0.6) is 0 Å². The van der Waals surface area contributed by atoms with E-state index in [4.69, 9.17) is 0 Å². The van der Waals surface area contributed by atoms with E-state index in [0.29, 0.717) is 12.3 Å². The highest BCUT2D eigenvalue weighted by Gasteiger charge is 2.42. The van der Waals surface area contributed by atoms with Gasteiger partial charge in [-0.05, 0) is 66.9 Å². The molecule has 1 N–H and O–H groups in total. The van der Waals surface area contributed by atoms with Crippen molar-refractivity contribution in [3.05, 3.63) is 71.8 Å². The van der Waals surface area contributed by atoms with Crippen LogP contribution in [0.1, 0.15) is 62.5 Å². The number of fused-ring (bicyclic) bond motifs is 1. The first-order valence-electron chi connectivity index (χ1n) is 12.0. The fourth-order valence-electron chi connectivity index (χ4n) is 6.50. The Labute approximate surface area is 181 Å². The molecule has 0 saturated heterocycles. The van der Waals surface area contributed by atoms with Gasteiger partial charge in [0.15, 0.2) is 0 Å². The molecule has 2 heteroatoms. The van der Waals surface area contributed by atoms with Crippen LogP contribution in [0.15, 0.2) is 60.7 Å². The van der Waals surface area contributed by atoms with Crippen molar-refractivity contribution >= 4 is 5.97 Å². The van der Waals surface area contributed by atoms with Crippen LogP contribution in [-0.2, 0) is 17.6 Å². The van der Waals surface area contributed by atoms with Crippen LogP contribution >= 0.6 is 0 Å². The first-order valence-corrected chi connectivity index (χ1v) is 12.0. The molecule has 0 radical (unpaired) electrons. The van der Waals surface area contributed by atoms with Crippen molar-refractivity contribution < 1.29 is 9.90 Å². The van der Waals surface area contributed by atoms with Crippen LogP contribution in [0.3, 0.4) is 0 Å². The van der Waals surface area contributed by atoms with Gasteiger partial charge in [0.1, 0.15) is 0 Å². The minimum Gasteiger partial charge on any atom is -0.481 e. The molecular formula is C28H36O2. The number of carbonyl (C=O) groups is 1. The Balaban J connectivity index is 1.59. The Kier molecular flexibility index (Phi) is 7.25. The number of carboxylic acid groups (broad SMARTS) is 1. The van der Waals surface area contributed by atoms with Crippen LogP contribution in [0.4, 0.5) is 0 Å². The van der Waals surface area contributed by atoms with E-state index in [1.54, 1.807) is 0 Å². The van der Waals surface area contributed by atoms with E-state index in [9.17, 15) is 9.90 Å². The fraction of sp³-hybridized carbons (Fsp3) is 0.536. The molecule has 2 aromatic carbocycles. The lowest BCUT2D eigenvalue weighted by Crippen LogP contribution is -2.40. The summed E-state index contributed by atoms with van der Waals surface area (Å²) in [7, 11) is 0. The second-order valence-corrected chi connectivity index (χ2v) is 9.63. The first kappa shape index (κ1) is 21.2. The molecule has 0 aromatic heterocycles. The maximum Gasteiger partial charge on any atom is 0.307 e. The number of benzene rings is 2. The largest absolute Gasteiger partial charge is 0.481 e. The number of hydrogen-bond donors (Lipinski definition) is 1. The Morgan fingerprint density at radius 1 is 0.833 bits per heavy atom. The molecule has 2 aromatic rings. The number of hydrogen-bond acceptors (Lipinski definition) is 1. The first-order chi connectivity index (χ1) is 14.7.